The zero-order valence-electron chi connectivity index (χ0n) is 11.2. The fourth-order valence-electron chi connectivity index (χ4n) is 1.89. The van der Waals surface area contributed by atoms with E-state index in [9.17, 15) is 5.11 Å². The van der Waals surface area contributed by atoms with Crippen molar-refractivity contribution in [2.75, 3.05) is 0 Å². The molecule has 1 aromatic carbocycles. The Balaban J connectivity index is 2.69. The molecule has 1 rings (SSSR count). The highest BCUT2D eigenvalue weighted by molar-refractivity contribution is 5.24. The van der Waals surface area contributed by atoms with Crippen LogP contribution in [0.4, 0.5) is 0 Å². The monoisotopic (exact) mass is 220 g/mol. The summed E-state index contributed by atoms with van der Waals surface area (Å²) in [4.78, 5) is 0. The van der Waals surface area contributed by atoms with Gasteiger partial charge in [0.05, 0.1) is 5.60 Å². The van der Waals surface area contributed by atoms with Gasteiger partial charge in [-0.3, -0.25) is 0 Å². The minimum absolute atomic E-state index is 0.331. The first kappa shape index (κ1) is 13.2. The number of hydrogen-bond acceptors (Lipinski definition) is 1. The van der Waals surface area contributed by atoms with Crippen LogP contribution in [0, 0.1) is 5.41 Å². The molecule has 1 heteroatoms. The summed E-state index contributed by atoms with van der Waals surface area (Å²) in [5, 5.41) is 9.73. The molecule has 0 aromatic heterocycles. The molecule has 0 atom stereocenters. The van der Waals surface area contributed by atoms with Crippen LogP contribution in [0.3, 0.4) is 0 Å². The molecule has 0 spiro atoms. The van der Waals surface area contributed by atoms with Gasteiger partial charge in [0.15, 0.2) is 0 Å². The van der Waals surface area contributed by atoms with Gasteiger partial charge in [0, 0.05) is 6.42 Å². The van der Waals surface area contributed by atoms with Crippen molar-refractivity contribution in [2.24, 2.45) is 5.41 Å². The smallest absolute Gasteiger partial charge is 0.0631 e. The molecule has 0 saturated carbocycles. The van der Waals surface area contributed by atoms with Crippen LogP contribution in [0.5, 0.6) is 0 Å². The van der Waals surface area contributed by atoms with Crippen molar-refractivity contribution >= 4 is 0 Å². The zero-order chi connectivity index (χ0) is 12.4. The molecule has 0 fully saturated rings. The molecule has 0 aliphatic heterocycles. The summed E-state index contributed by atoms with van der Waals surface area (Å²) in [6, 6.07) is 8.59. The van der Waals surface area contributed by atoms with Gasteiger partial charge in [-0.15, -0.1) is 0 Å². The maximum Gasteiger partial charge on any atom is 0.0631 e. The molecule has 0 amide bonds. The van der Waals surface area contributed by atoms with E-state index in [1.807, 2.05) is 13.8 Å². The predicted molar refractivity (Wildman–Crippen MR) is 69.6 cm³/mol. The fraction of sp³-hybridized carbons (Fsp3) is 0.600. The van der Waals surface area contributed by atoms with Gasteiger partial charge in [-0.1, -0.05) is 45.0 Å². The van der Waals surface area contributed by atoms with Gasteiger partial charge in [0.1, 0.15) is 0 Å². The molecule has 0 bridgehead atoms. The SMILES string of the molecule is CC(C)(C)Cc1ccc(CC(C)(C)O)cc1. The average Bonchev–Trinajstić information content (AvgIpc) is 2.03. The Labute approximate surface area is 99.5 Å². The van der Waals surface area contributed by atoms with Gasteiger partial charge in [0.2, 0.25) is 0 Å². The Hall–Kier alpha value is -0.820. The van der Waals surface area contributed by atoms with E-state index in [0.717, 1.165) is 6.42 Å². The van der Waals surface area contributed by atoms with E-state index in [1.54, 1.807) is 0 Å². The quantitative estimate of drug-likeness (QED) is 0.825. The van der Waals surface area contributed by atoms with Crippen LogP contribution in [-0.4, -0.2) is 10.7 Å². The van der Waals surface area contributed by atoms with Crippen LogP contribution in [0.2, 0.25) is 0 Å². The molecule has 1 N–H and O–H groups in total. The maximum atomic E-state index is 9.73. The summed E-state index contributed by atoms with van der Waals surface area (Å²) in [6.45, 7) is 10.4. The van der Waals surface area contributed by atoms with Crippen molar-refractivity contribution in [3.8, 4) is 0 Å². The number of rotatable bonds is 3. The van der Waals surface area contributed by atoms with Crippen molar-refractivity contribution in [3.63, 3.8) is 0 Å². The van der Waals surface area contributed by atoms with E-state index in [-0.39, 0.29) is 0 Å². The van der Waals surface area contributed by atoms with E-state index in [2.05, 4.69) is 45.0 Å². The van der Waals surface area contributed by atoms with E-state index < -0.39 is 5.60 Å². The van der Waals surface area contributed by atoms with Crippen molar-refractivity contribution in [1.29, 1.82) is 0 Å². The third-order valence-corrected chi connectivity index (χ3v) is 2.39. The van der Waals surface area contributed by atoms with Gasteiger partial charge < -0.3 is 5.11 Å². The first-order valence-electron chi connectivity index (χ1n) is 5.96. The second kappa shape index (κ2) is 4.58. The summed E-state index contributed by atoms with van der Waals surface area (Å²) in [7, 11) is 0. The topological polar surface area (TPSA) is 20.2 Å². The van der Waals surface area contributed by atoms with Crippen LogP contribution in [0.25, 0.3) is 0 Å². The lowest BCUT2D eigenvalue weighted by Gasteiger charge is -2.19. The van der Waals surface area contributed by atoms with Gasteiger partial charge in [0.25, 0.3) is 0 Å². The summed E-state index contributed by atoms with van der Waals surface area (Å²) in [5.74, 6) is 0. The van der Waals surface area contributed by atoms with Crippen LogP contribution >= 0.6 is 0 Å². The lowest BCUT2D eigenvalue weighted by atomic mass is 9.87. The number of hydrogen-bond donors (Lipinski definition) is 1. The second-order valence-electron chi connectivity index (χ2n) is 6.54. The number of aliphatic hydroxyl groups is 1. The predicted octanol–water partition coefficient (Wildman–Crippen LogP) is 3.59. The van der Waals surface area contributed by atoms with Gasteiger partial charge in [-0.05, 0) is 36.8 Å². The molecule has 0 heterocycles. The largest absolute Gasteiger partial charge is 0.390 e. The highest BCUT2D eigenvalue weighted by Gasteiger charge is 2.14. The molecular formula is C15H24O. The second-order valence-corrected chi connectivity index (χ2v) is 6.54. The van der Waals surface area contributed by atoms with E-state index >= 15 is 0 Å². The molecule has 0 aliphatic rings. The van der Waals surface area contributed by atoms with E-state index in [0.29, 0.717) is 11.8 Å². The van der Waals surface area contributed by atoms with Crippen molar-refractivity contribution in [3.05, 3.63) is 35.4 Å². The molecule has 0 saturated heterocycles. The molecule has 16 heavy (non-hydrogen) atoms. The Bertz CT molecular complexity index is 287. The summed E-state index contributed by atoms with van der Waals surface area (Å²) < 4.78 is 0. The van der Waals surface area contributed by atoms with Crippen LogP contribution in [-0.2, 0) is 12.8 Å². The Morgan fingerprint density at radius 2 is 1.19 bits per heavy atom. The van der Waals surface area contributed by atoms with Gasteiger partial charge >= 0.3 is 0 Å². The molecular weight excluding hydrogens is 196 g/mol. The summed E-state index contributed by atoms with van der Waals surface area (Å²) in [6.07, 6.45) is 1.80. The molecule has 1 nitrogen and oxygen atoms in total. The summed E-state index contributed by atoms with van der Waals surface area (Å²) in [5.41, 5.74) is 2.28. The van der Waals surface area contributed by atoms with E-state index in [1.165, 1.54) is 11.1 Å². The number of benzene rings is 1. The molecule has 0 unspecified atom stereocenters. The summed E-state index contributed by atoms with van der Waals surface area (Å²) >= 11 is 0. The molecule has 1 aromatic rings. The minimum atomic E-state index is -0.620. The van der Waals surface area contributed by atoms with Crippen LogP contribution in [0.15, 0.2) is 24.3 Å². The highest BCUT2D eigenvalue weighted by Crippen LogP contribution is 2.21. The highest BCUT2D eigenvalue weighted by atomic mass is 16.3. The lowest BCUT2D eigenvalue weighted by molar-refractivity contribution is 0.0810. The first-order valence-corrected chi connectivity index (χ1v) is 5.96. The Morgan fingerprint density at radius 3 is 1.50 bits per heavy atom. The lowest BCUT2D eigenvalue weighted by Crippen LogP contribution is -2.21. The van der Waals surface area contributed by atoms with E-state index in [4.69, 9.17) is 0 Å². The third kappa shape index (κ3) is 5.32. The van der Waals surface area contributed by atoms with Gasteiger partial charge in [-0.25, -0.2) is 0 Å². The van der Waals surface area contributed by atoms with Crippen molar-refractivity contribution in [1.82, 2.24) is 0 Å². The van der Waals surface area contributed by atoms with Crippen LogP contribution in [0.1, 0.15) is 45.7 Å². The van der Waals surface area contributed by atoms with Gasteiger partial charge in [-0.2, -0.15) is 0 Å². The minimum Gasteiger partial charge on any atom is -0.390 e. The normalized spacial score (nSPS) is 12.9. The Morgan fingerprint density at radius 1 is 0.812 bits per heavy atom. The zero-order valence-corrected chi connectivity index (χ0v) is 11.2. The Kier molecular flexibility index (Phi) is 3.80. The first-order chi connectivity index (χ1) is 7.16. The van der Waals surface area contributed by atoms with Crippen LogP contribution < -0.4 is 0 Å². The molecule has 0 aliphatic carbocycles. The average molecular weight is 220 g/mol. The fourth-order valence-corrected chi connectivity index (χ4v) is 1.89. The maximum absolute atomic E-state index is 9.73. The molecule has 90 valence electrons. The standard InChI is InChI=1S/C15H24O/c1-14(2,3)10-12-6-8-13(9-7-12)11-15(4,5)16/h6-9,16H,10-11H2,1-5H3. The third-order valence-electron chi connectivity index (χ3n) is 2.39. The van der Waals surface area contributed by atoms with Crippen molar-refractivity contribution in [2.45, 2.75) is 53.1 Å². The van der Waals surface area contributed by atoms with Crippen molar-refractivity contribution < 1.29 is 5.11 Å². The molecule has 0 radical (unpaired) electrons.